The lowest BCUT2D eigenvalue weighted by molar-refractivity contribution is 0.413. The Hall–Kier alpha value is -1.96. The van der Waals surface area contributed by atoms with Gasteiger partial charge >= 0.3 is 0 Å². The quantitative estimate of drug-likeness (QED) is 0.774. The van der Waals surface area contributed by atoms with E-state index in [1.807, 2.05) is 48.5 Å². The van der Waals surface area contributed by atoms with Crippen molar-refractivity contribution in [3.63, 3.8) is 0 Å². The van der Waals surface area contributed by atoms with Gasteiger partial charge in [-0.15, -0.1) is 0 Å². The summed E-state index contributed by atoms with van der Waals surface area (Å²) in [5.74, 6) is 2.36. The first-order chi connectivity index (χ1) is 7.79. The van der Waals surface area contributed by atoms with Crippen molar-refractivity contribution in [1.82, 2.24) is 0 Å². The Morgan fingerprint density at radius 2 is 1.50 bits per heavy atom. The first kappa shape index (κ1) is 10.6. The number of hydrogen-bond acceptors (Lipinski definition) is 2. The van der Waals surface area contributed by atoms with Gasteiger partial charge in [-0.1, -0.05) is 18.2 Å². The first-order valence-corrected chi connectivity index (χ1v) is 5.02. The van der Waals surface area contributed by atoms with Crippen LogP contribution in [0.1, 0.15) is 5.56 Å². The van der Waals surface area contributed by atoms with Gasteiger partial charge < -0.3 is 9.47 Å². The molecule has 0 fully saturated rings. The number of hydrogen-bond donors (Lipinski definition) is 0. The van der Waals surface area contributed by atoms with Gasteiger partial charge in [-0.25, -0.2) is 0 Å². The average Bonchev–Trinajstić information content (AvgIpc) is 2.33. The molecule has 81 valence electrons. The van der Waals surface area contributed by atoms with Crippen LogP contribution in [0.4, 0.5) is 0 Å². The molecular weight excluding hydrogens is 200 g/mol. The largest absolute Gasteiger partial charge is 0.497 e. The minimum absolute atomic E-state index is 0.771. The Kier molecular flexibility index (Phi) is 3.10. The second kappa shape index (κ2) is 4.71. The molecule has 2 nitrogen and oxygen atoms in total. The maximum absolute atomic E-state index is 5.69. The number of methoxy groups -OCH3 is 1. The third-order valence-electron chi connectivity index (χ3n) is 2.26. The monoisotopic (exact) mass is 213 g/mol. The smallest absolute Gasteiger partial charge is 0.130 e. The summed E-state index contributed by atoms with van der Waals surface area (Å²) in [6.07, 6.45) is 0. The van der Waals surface area contributed by atoms with Crippen molar-refractivity contribution >= 4 is 0 Å². The van der Waals surface area contributed by atoms with E-state index in [9.17, 15) is 0 Å². The summed E-state index contributed by atoms with van der Waals surface area (Å²) in [4.78, 5) is 0. The molecule has 0 aliphatic rings. The Morgan fingerprint density at radius 3 is 2.12 bits per heavy atom. The van der Waals surface area contributed by atoms with Gasteiger partial charge in [0, 0.05) is 0 Å². The third-order valence-corrected chi connectivity index (χ3v) is 2.26. The highest BCUT2D eigenvalue weighted by Gasteiger charge is 2.00. The topological polar surface area (TPSA) is 18.5 Å². The van der Waals surface area contributed by atoms with Crippen LogP contribution < -0.4 is 9.47 Å². The van der Waals surface area contributed by atoms with Crippen LogP contribution in [0.5, 0.6) is 17.2 Å². The van der Waals surface area contributed by atoms with Crippen molar-refractivity contribution < 1.29 is 9.47 Å². The van der Waals surface area contributed by atoms with Crippen molar-refractivity contribution in [3.8, 4) is 17.2 Å². The molecule has 0 saturated carbocycles. The highest BCUT2D eigenvalue weighted by molar-refractivity contribution is 5.40. The lowest BCUT2D eigenvalue weighted by Gasteiger charge is -2.08. The molecule has 0 atom stereocenters. The molecule has 0 aliphatic heterocycles. The molecule has 1 radical (unpaired) electrons. The fourth-order valence-corrected chi connectivity index (χ4v) is 1.37. The first-order valence-electron chi connectivity index (χ1n) is 5.02. The van der Waals surface area contributed by atoms with Crippen LogP contribution in [0.2, 0.25) is 0 Å². The molecular formula is C14H13O2. The lowest BCUT2D eigenvalue weighted by atomic mass is 10.2. The van der Waals surface area contributed by atoms with Crippen molar-refractivity contribution in [2.45, 2.75) is 0 Å². The van der Waals surface area contributed by atoms with E-state index in [1.54, 1.807) is 7.11 Å². The Labute approximate surface area is 95.4 Å². The highest BCUT2D eigenvalue weighted by atomic mass is 16.5. The van der Waals surface area contributed by atoms with Crippen LogP contribution in [-0.4, -0.2) is 7.11 Å². The molecule has 0 N–H and O–H groups in total. The van der Waals surface area contributed by atoms with Gasteiger partial charge in [-0.2, -0.15) is 0 Å². The Balaban J connectivity index is 2.18. The second-order valence-electron chi connectivity index (χ2n) is 3.39. The fourth-order valence-electron chi connectivity index (χ4n) is 1.37. The van der Waals surface area contributed by atoms with Crippen molar-refractivity contribution in [3.05, 3.63) is 61.0 Å². The predicted octanol–water partition coefficient (Wildman–Crippen LogP) is 3.67. The molecule has 16 heavy (non-hydrogen) atoms. The van der Waals surface area contributed by atoms with E-state index in [2.05, 4.69) is 6.92 Å². The molecule has 2 heteroatoms. The van der Waals surface area contributed by atoms with E-state index in [1.165, 1.54) is 0 Å². The van der Waals surface area contributed by atoms with Crippen LogP contribution in [0.15, 0.2) is 48.5 Å². The zero-order valence-corrected chi connectivity index (χ0v) is 9.14. The molecule has 0 saturated heterocycles. The zero-order valence-electron chi connectivity index (χ0n) is 9.14. The van der Waals surface area contributed by atoms with E-state index < -0.39 is 0 Å². The number of rotatable bonds is 3. The maximum Gasteiger partial charge on any atom is 0.130 e. The van der Waals surface area contributed by atoms with Gasteiger partial charge in [0.05, 0.1) is 7.11 Å². The summed E-state index contributed by atoms with van der Waals surface area (Å²) in [5, 5.41) is 0. The molecule has 0 bridgehead atoms. The van der Waals surface area contributed by atoms with Crippen LogP contribution in [0.25, 0.3) is 0 Å². The maximum atomic E-state index is 5.69. The normalized spacial score (nSPS) is 9.88. The van der Waals surface area contributed by atoms with Crippen molar-refractivity contribution in [1.29, 1.82) is 0 Å². The lowest BCUT2D eigenvalue weighted by Crippen LogP contribution is -1.87. The molecule has 0 amide bonds. The SMILES string of the molecule is [CH2]c1ccccc1Oc1ccc(OC)cc1. The summed E-state index contributed by atoms with van der Waals surface area (Å²) in [6, 6.07) is 15.1. The average molecular weight is 213 g/mol. The van der Waals surface area contributed by atoms with Crippen LogP contribution in [0.3, 0.4) is 0 Å². The molecule has 0 spiro atoms. The van der Waals surface area contributed by atoms with Crippen LogP contribution in [-0.2, 0) is 0 Å². The van der Waals surface area contributed by atoms with Gasteiger partial charge in [0.1, 0.15) is 17.2 Å². The number of para-hydroxylation sites is 1. The molecule has 0 unspecified atom stereocenters. The van der Waals surface area contributed by atoms with E-state index in [-0.39, 0.29) is 0 Å². The van der Waals surface area contributed by atoms with Crippen LogP contribution in [0, 0.1) is 6.92 Å². The summed E-state index contributed by atoms with van der Waals surface area (Å²) in [7, 11) is 1.64. The Bertz CT molecular complexity index is 460. The Morgan fingerprint density at radius 1 is 0.875 bits per heavy atom. The van der Waals surface area contributed by atoms with E-state index in [4.69, 9.17) is 9.47 Å². The van der Waals surface area contributed by atoms with E-state index in [0.717, 1.165) is 22.8 Å². The predicted molar refractivity (Wildman–Crippen MR) is 64.0 cm³/mol. The van der Waals surface area contributed by atoms with Gasteiger partial charge in [-0.05, 0) is 42.8 Å². The molecule has 2 aromatic carbocycles. The summed E-state index contributed by atoms with van der Waals surface area (Å²) < 4.78 is 10.8. The molecule has 0 aliphatic carbocycles. The number of ether oxygens (including phenoxy) is 2. The summed E-state index contributed by atoms with van der Waals surface area (Å²) >= 11 is 0. The zero-order chi connectivity index (χ0) is 11.4. The molecule has 0 aromatic heterocycles. The summed E-state index contributed by atoms with van der Waals surface area (Å²) in [6.45, 7) is 3.90. The van der Waals surface area contributed by atoms with E-state index in [0.29, 0.717) is 0 Å². The summed E-state index contributed by atoms with van der Waals surface area (Å²) in [5.41, 5.74) is 0.873. The fraction of sp³-hybridized carbons (Fsp3) is 0.0714. The highest BCUT2D eigenvalue weighted by Crippen LogP contribution is 2.25. The van der Waals surface area contributed by atoms with Crippen molar-refractivity contribution in [2.24, 2.45) is 0 Å². The van der Waals surface area contributed by atoms with Gasteiger partial charge in [-0.3, -0.25) is 0 Å². The van der Waals surface area contributed by atoms with E-state index >= 15 is 0 Å². The van der Waals surface area contributed by atoms with Crippen molar-refractivity contribution in [2.75, 3.05) is 7.11 Å². The minimum Gasteiger partial charge on any atom is -0.497 e. The molecule has 2 aromatic rings. The third kappa shape index (κ3) is 2.34. The second-order valence-corrected chi connectivity index (χ2v) is 3.39. The minimum atomic E-state index is 0.771. The molecule has 0 heterocycles. The number of benzene rings is 2. The van der Waals surface area contributed by atoms with Gasteiger partial charge in [0.2, 0.25) is 0 Å². The van der Waals surface area contributed by atoms with Crippen LogP contribution >= 0.6 is 0 Å². The molecule has 2 rings (SSSR count). The van der Waals surface area contributed by atoms with Gasteiger partial charge in [0.15, 0.2) is 0 Å². The standard InChI is InChI=1S/C14H13O2/c1-11-5-3-4-6-14(11)16-13-9-7-12(15-2)8-10-13/h3-10H,1H2,2H3. The van der Waals surface area contributed by atoms with Gasteiger partial charge in [0.25, 0.3) is 0 Å².